The summed E-state index contributed by atoms with van der Waals surface area (Å²) in [4.78, 5) is 14.6. The fourth-order valence-electron chi connectivity index (χ4n) is 3.48. The number of nitrogens with zero attached hydrogens (tertiary/aromatic N) is 1. The average molecular weight is 394 g/mol. The second-order valence-corrected chi connectivity index (χ2v) is 7.16. The van der Waals surface area contributed by atoms with Crippen LogP contribution in [0.2, 0.25) is 0 Å². The third-order valence-electron chi connectivity index (χ3n) is 5.12. The highest BCUT2D eigenvalue weighted by molar-refractivity contribution is 5.92. The number of carbonyl (C=O) groups excluding carboxylic acids is 1. The smallest absolute Gasteiger partial charge is 0.244 e. The molecule has 2 aromatic carbocycles. The predicted octanol–water partition coefficient (Wildman–Crippen LogP) is 3.19. The van der Waals surface area contributed by atoms with Crippen molar-refractivity contribution in [2.24, 2.45) is 0 Å². The third-order valence-corrected chi connectivity index (χ3v) is 5.12. The Hall–Kier alpha value is -2.99. The first-order valence-electron chi connectivity index (χ1n) is 10.00. The molecule has 1 amide bonds. The first-order chi connectivity index (χ1) is 14.2. The maximum Gasteiger partial charge on any atom is 0.244 e. The van der Waals surface area contributed by atoms with Gasteiger partial charge < -0.3 is 24.4 Å². The van der Waals surface area contributed by atoms with E-state index in [4.69, 9.17) is 14.2 Å². The molecule has 0 aliphatic carbocycles. The molecule has 1 fully saturated rings. The molecule has 6 heteroatoms. The predicted molar refractivity (Wildman–Crippen MR) is 112 cm³/mol. The van der Waals surface area contributed by atoms with Crippen LogP contribution in [-0.4, -0.2) is 45.4 Å². The summed E-state index contributed by atoms with van der Waals surface area (Å²) in [7, 11) is 0. The van der Waals surface area contributed by atoms with E-state index in [2.05, 4.69) is 34.5 Å². The lowest BCUT2D eigenvalue weighted by Gasteiger charge is -2.29. The largest absolute Gasteiger partial charge is 0.486 e. The lowest BCUT2D eigenvalue weighted by Crippen LogP contribution is -2.36. The second kappa shape index (κ2) is 9.01. The van der Waals surface area contributed by atoms with Crippen molar-refractivity contribution in [1.29, 1.82) is 0 Å². The lowest BCUT2D eigenvalue weighted by atomic mass is 10.1. The zero-order valence-electron chi connectivity index (χ0n) is 16.6. The van der Waals surface area contributed by atoms with Crippen molar-refractivity contribution >= 4 is 17.7 Å². The van der Waals surface area contributed by atoms with Crippen LogP contribution in [0.25, 0.3) is 6.08 Å². The fraction of sp³-hybridized carbons (Fsp3) is 0.348. The summed E-state index contributed by atoms with van der Waals surface area (Å²) < 4.78 is 16.5. The molecule has 2 aromatic rings. The van der Waals surface area contributed by atoms with Crippen molar-refractivity contribution in [3.63, 3.8) is 0 Å². The Balaban J connectivity index is 1.33. The number of amides is 1. The van der Waals surface area contributed by atoms with Crippen molar-refractivity contribution < 1.29 is 19.0 Å². The maximum absolute atomic E-state index is 12.3. The van der Waals surface area contributed by atoms with Gasteiger partial charge in [-0.2, -0.15) is 0 Å². The van der Waals surface area contributed by atoms with Crippen LogP contribution in [0, 0.1) is 0 Å². The van der Waals surface area contributed by atoms with Crippen LogP contribution >= 0.6 is 0 Å². The quantitative estimate of drug-likeness (QED) is 0.790. The number of fused-ring (bicyclic) bond motifs is 1. The molecule has 2 aliphatic heterocycles. The molecule has 4 rings (SSSR count). The summed E-state index contributed by atoms with van der Waals surface area (Å²) in [6.45, 7) is 6.46. The normalized spacial score (nSPS) is 17.2. The summed E-state index contributed by atoms with van der Waals surface area (Å²) in [6, 6.07) is 13.9. The van der Waals surface area contributed by atoms with Crippen molar-refractivity contribution in [1.82, 2.24) is 5.32 Å². The van der Waals surface area contributed by atoms with Gasteiger partial charge in [0.2, 0.25) is 5.91 Å². The molecule has 1 saturated heterocycles. The number of hydrogen-bond donors (Lipinski definition) is 1. The van der Waals surface area contributed by atoms with Crippen LogP contribution in [0.5, 0.6) is 11.5 Å². The molecule has 1 N–H and O–H groups in total. The van der Waals surface area contributed by atoms with E-state index in [1.165, 1.54) is 5.69 Å². The molecule has 0 aromatic heterocycles. The van der Waals surface area contributed by atoms with Crippen molar-refractivity contribution in [3.05, 3.63) is 59.7 Å². The summed E-state index contributed by atoms with van der Waals surface area (Å²) in [5, 5.41) is 3.01. The molecule has 152 valence electrons. The number of ether oxygens (including phenoxy) is 3. The molecular weight excluding hydrogens is 368 g/mol. The number of morpholine rings is 1. The van der Waals surface area contributed by atoms with Gasteiger partial charge in [0.15, 0.2) is 11.5 Å². The zero-order chi connectivity index (χ0) is 20.1. The van der Waals surface area contributed by atoms with Gasteiger partial charge in [-0.3, -0.25) is 4.79 Å². The molecule has 0 saturated carbocycles. The standard InChI is InChI=1S/C23H26N2O4/c1-17(19-4-6-20(7-5-19)25-10-12-27-13-11-25)24-23(26)9-3-18-2-8-21-22(16-18)29-15-14-28-21/h2-9,16-17H,10-15H2,1H3,(H,24,26). The van der Waals surface area contributed by atoms with Crippen LogP contribution in [0.3, 0.4) is 0 Å². The Bertz CT molecular complexity index is 873. The molecule has 2 aliphatic rings. The van der Waals surface area contributed by atoms with Gasteiger partial charge in [0.05, 0.1) is 19.3 Å². The van der Waals surface area contributed by atoms with Gasteiger partial charge in [-0.15, -0.1) is 0 Å². The number of benzene rings is 2. The number of rotatable bonds is 5. The molecule has 1 atom stereocenters. The van der Waals surface area contributed by atoms with Crippen LogP contribution in [0.1, 0.15) is 24.1 Å². The number of carbonyl (C=O) groups is 1. The van der Waals surface area contributed by atoms with E-state index in [9.17, 15) is 4.79 Å². The maximum atomic E-state index is 12.3. The molecule has 0 spiro atoms. The number of hydrogen-bond acceptors (Lipinski definition) is 5. The van der Waals surface area contributed by atoms with Crippen LogP contribution < -0.4 is 19.7 Å². The Morgan fingerprint density at radius 3 is 2.48 bits per heavy atom. The number of nitrogens with one attached hydrogen (secondary N) is 1. The molecule has 2 heterocycles. The highest BCUT2D eigenvalue weighted by atomic mass is 16.6. The molecule has 0 radical (unpaired) electrons. The van der Waals surface area contributed by atoms with Gasteiger partial charge in [0.1, 0.15) is 13.2 Å². The molecular formula is C23H26N2O4. The molecule has 29 heavy (non-hydrogen) atoms. The molecule has 0 bridgehead atoms. The minimum Gasteiger partial charge on any atom is -0.486 e. The minimum atomic E-state index is -0.135. The van der Waals surface area contributed by atoms with Crippen molar-refractivity contribution in [2.45, 2.75) is 13.0 Å². The minimum absolute atomic E-state index is 0.0776. The monoisotopic (exact) mass is 394 g/mol. The molecule has 6 nitrogen and oxygen atoms in total. The Labute approximate surface area is 171 Å². The summed E-state index contributed by atoms with van der Waals surface area (Å²) in [5.74, 6) is 1.32. The van der Waals surface area contributed by atoms with Gasteiger partial charge in [0.25, 0.3) is 0 Å². The van der Waals surface area contributed by atoms with E-state index in [1.807, 2.05) is 25.1 Å². The summed E-state index contributed by atoms with van der Waals surface area (Å²) in [6.07, 6.45) is 3.33. The summed E-state index contributed by atoms with van der Waals surface area (Å²) >= 11 is 0. The van der Waals surface area contributed by atoms with E-state index in [1.54, 1.807) is 12.2 Å². The molecule has 1 unspecified atom stereocenters. The number of anilines is 1. The third kappa shape index (κ3) is 4.90. The van der Waals surface area contributed by atoms with E-state index in [0.29, 0.717) is 19.0 Å². The second-order valence-electron chi connectivity index (χ2n) is 7.16. The summed E-state index contributed by atoms with van der Waals surface area (Å²) in [5.41, 5.74) is 3.16. The van der Waals surface area contributed by atoms with Crippen molar-refractivity contribution in [3.8, 4) is 11.5 Å². The van der Waals surface area contributed by atoms with E-state index >= 15 is 0 Å². The first-order valence-corrected chi connectivity index (χ1v) is 10.00. The highest BCUT2D eigenvalue weighted by Gasteiger charge is 2.13. The topological polar surface area (TPSA) is 60.0 Å². The van der Waals surface area contributed by atoms with Gasteiger partial charge >= 0.3 is 0 Å². The fourth-order valence-corrected chi connectivity index (χ4v) is 3.48. The SMILES string of the molecule is CC(NC(=O)C=Cc1ccc2c(c1)OCCO2)c1ccc(N2CCOCC2)cc1. The first kappa shape index (κ1) is 19.3. The van der Waals surface area contributed by atoms with Gasteiger partial charge in [-0.1, -0.05) is 18.2 Å². The van der Waals surface area contributed by atoms with Crippen LogP contribution in [0.15, 0.2) is 48.5 Å². The van der Waals surface area contributed by atoms with Crippen LogP contribution in [0.4, 0.5) is 5.69 Å². The van der Waals surface area contributed by atoms with Crippen molar-refractivity contribution in [2.75, 3.05) is 44.4 Å². The average Bonchev–Trinajstić information content (AvgIpc) is 2.78. The van der Waals surface area contributed by atoms with Gasteiger partial charge in [-0.25, -0.2) is 0 Å². The van der Waals surface area contributed by atoms with E-state index < -0.39 is 0 Å². The zero-order valence-corrected chi connectivity index (χ0v) is 16.6. The van der Waals surface area contributed by atoms with Crippen LogP contribution in [-0.2, 0) is 9.53 Å². The Kier molecular flexibility index (Phi) is 6.00. The lowest BCUT2D eigenvalue weighted by molar-refractivity contribution is -0.117. The van der Waals surface area contributed by atoms with E-state index in [0.717, 1.165) is 43.2 Å². The van der Waals surface area contributed by atoms with E-state index in [-0.39, 0.29) is 11.9 Å². The Morgan fingerprint density at radius 1 is 1.00 bits per heavy atom. The van der Waals surface area contributed by atoms with Gasteiger partial charge in [0, 0.05) is 24.9 Å². The van der Waals surface area contributed by atoms with Gasteiger partial charge in [-0.05, 0) is 48.4 Å². The Morgan fingerprint density at radius 2 is 1.72 bits per heavy atom. The highest BCUT2D eigenvalue weighted by Crippen LogP contribution is 2.31.